The molecule has 1 unspecified atom stereocenters. The summed E-state index contributed by atoms with van der Waals surface area (Å²) in [4.78, 5) is 27.6. The van der Waals surface area contributed by atoms with Crippen molar-refractivity contribution in [2.75, 3.05) is 46.0 Å². The van der Waals surface area contributed by atoms with Gasteiger partial charge in [0.25, 0.3) is 5.91 Å². The number of rotatable bonds is 5. The van der Waals surface area contributed by atoms with Crippen molar-refractivity contribution in [2.45, 2.75) is 51.1 Å². The number of amides is 2. The first kappa shape index (κ1) is 21.7. The molecule has 170 valence electrons. The molecule has 2 amide bonds. The summed E-state index contributed by atoms with van der Waals surface area (Å²) >= 11 is 0. The summed E-state index contributed by atoms with van der Waals surface area (Å²) in [7, 11) is 0. The molecule has 2 N–H and O–H groups in total. The van der Waals surface area contributed by atoms with Crippen molar-refractivity contribution in [1.29, 1.82) is 0 Å². The largest absolute Gasteiger partial charge is 0.490 e. The zero-order valence-corrected chi connectivity index (χ0v) is 18.4. The van der Waals surface area contributed by atoms with Crippen LogP contribution in [0.15, 0.2) is 18.2 Å². The van der Waals surface area contributed by atoms with Gasteiger partial charge in [-0.2, -0.15) is 0 Å². The molecule has 4 rings (SSSR count). The zero-order valence-electron chi connectivity index (χ0n) is 18.4. The molecule has 3 aliphatic rings. The van der Waals surface area contributed by atoms with E-state index in [4.69, 9.17) is 14.2 Å². The first-order valence-corrected chi connectivity index (χ1v) is 11.6. The number of hydrogen-bond acceptors (Lipinski definition) is 5. The van der Waals surface area contributed by atoms with E-state index in [1.807, 2.05) is 13.0 Å². The molecule has 8 nitrogen and oxygen atoms in total. The van der Waals surface area contributed by atoms with Gasteiger partial charge in [-0.15, -0.1) is 0 Å². The number of quaternary nitrogens is 1. The molecule has 0 saturated carbocycles. The van der Waals surface area contributed by atoms with Gasteiger partial charge in [0.2, 0.25) is 0 Å². The fourth-order valence-electron chi connectivity index (χ4n) is 4.83. The van der Waals surface area contributed by atoms with Gasteiger partial charge in [-0.05, 0) is 38.0 Å². The Hall–Kier alpha value is -2.48. The average Bonchev–Trinajstić information content (AvgIpc) is 3.09. The highest BCUT2D eigenvalue weighted by molar-refractivity contribution is 5.77. The van der Waals surface area contributed by atoms with Crippen molar-refractivity contribution in [2.24, 2.45) is 0 Å². The Labute approximate surface area is 183 Å². The highest BCUT2D eigenvalue weighted by atomic mass is 16.6. The Bertz CT molecular complexity index is 778. The van der Waals surface area contributed by atoms with Crippen LogP contribution in [0.2, 0.25) is 0 Å². The van der Waals surface area contributed by atoms with Gasteiger partial charge in [-0.3, -0.25) is 4.79 Å². The van der Waals surface area contributed by atoms with Gasteiger partial charge in [0.15, 0.2) is 18.0 Å². The summed E-state index contributed by atoms with van der Waals surface area (Å²) in [5, 5.41) is 3.18. The summed E-state index contributed by atoms with van der Waals surface area (Å²) in [5.41, 5.74) is 1.22. The number of benzene rings is 1. The van der Waals surface area contributed by atoms with Crippen molar-refractivity contribution < 1.29 is 28.7 Å². The van der Waals surface area contributed by atoms with Crippen molar-refractivity contribution in [3.05, 3.63) is 23.8 Å². The normalized spacial score (nSPS) is 23.8. The van der Waals surface area contributed by atoms with Crippen molar-refractivity contribution in [1.82, 2.24) is 10.2 Å². The van der Waals surface area contributed by atoms with Crippen LogP contribution in [0.3, 0.4) is 0 Å². The summed E-state index contributed by atoms with van der Waals surface area (Å²) in [6.45, 7) is 6.27. The molecular weight excluding hydrogens is 398 g/mol. The van der Waals surface area contributed by atoms with E-state index < -0.39 is 0 Å². The minimum atomic E-state index is -0.258. The van der Waals surface area contributed by atoms with E-state index in [2.05, 4.69) is 17.4 Å². The lowest BCUT2D eigenvalue weighted by molar-refractivity contribution is -0.910. The molecule has 0 aromatic heterocycles. The maximum atomic E-state index is 12.8. The highest BCUT2D eigenvalue weighted by Gasteiger charge is 2.33. The molecule has 1 aromatic carbocycles. The second-order valence-corrected chi connectivity index (χ2v) is 8.56. The van der Waals surface area contributed by atoms with E-state index in [0.717, 1.165) is 50.1 Å². The zero-order chi connectivity index (χ0) is 21.6. The molecule has 0 bridgehead atoms. The number of likely N-dealkylation sites (tertiary alicyclic amines) is 2. The molecule has 8 heteroatoms. The lowest BCUT2D eigenvalue weighted by Crippen LogP contribution is -3.11. The number of piperidine rings is 1. The van der Waals surface area contributed by atoms with Gasteiger partial charge < -0.3 is 29.3 Å². The Kier molecular flexibility index (Phi) is 7.17. The quantitative estimate of drug-likeness (QED) is 0.733. The van der Waals surface area contributed by atoms with Crippen LogP contribution in [0.1, 0.15) is 50.6 Å². The molecule has 2 saturated heterocycles. The molecule has 2 atom stereocenters. The molecule has 3 heterocycles. The Balaban J connectivity index is 1.29. The number of carbonyl (C=O) groups is 2. The van der Waals surface area contributed by atoms with Crippen LogP contribution >= 0.6 is 0 Å². The number of fused-ring (bicyclic) bond motifs is 1. The summed E-state index contributed by atoms with van der Waals surface area (Å²) in [6, 6.07) is 6.64. The topological polar surface area (TPSA) is 81.5 Å². The Morgan fingerprint density at radius 3 is 2.68 bits per heavy atom. The van der Waals surface area contributed by atoms with Gasteiger partial charge in [-0.1, -0.05) is 0 Å². The van der Waals surface area contributed by atoms with E-state index in [0.29, 0.717) is 45.5 Å². The third-order valence-electron chi connectivity index (χ3n) is 6.43. The molecule has 0 aliphatic carbocycles. The van der Waals surface area contributed by atoms with E-state index in [1.165, 1.54) is 10.5 Å². The molecule has 0 radical (unpaired) electrons. The van der Waals surface area contributed by atoms with Gasteiger partial charge in [-0.25, -0.2) is 4.79 Å². The van der Waals surface area contributed by atoms with Crippen LogP contribution in [0, 0.1) is 0 Å². The standard InChI is InChI=1S/C23H33N3O5/c1-2-29-23(28)25-11-8-18(9-12-25)24-22(27)16-26-10-3-5-19(26)17-6-7-20-21(15-17)31-14-4-13-30-20/h6-7,15,18-19H,2-5,8-14,16H2,1H3,(H,24,27)/p+1/t19-/m1/s1. The van der Waals surface area contributed by atoms with E-state index in [1.54, 1.807) is 4.90 Å². The van der Waals surface area contributed by atoms with Gasteiger partial charge in [0.1, 0.15) is 6.04 Å². The van der Waals surface area contributed by atoms with Crippen molar-refractivity contribution in [3.63, 3.8) is 0 Å². The van der Waals surface area contributed by atoms with Gasteiger partial charge in [0, 0.05) is 44.0 Å². The smallest absolute Gasteiger partial charge is 0.409 e. The maximum absolute atomic E-state index is 12.8. The van der Waals surface area contributed by atoms with E-state index in [9.17, 15) is 9.59 Å². The SMILES string of the molecule is CCOC(=O)N1CCC(NC(=O)C[NH+]2CCC[C@@H]2c2ccc3c(c2)OCCCO3)CC1. The second kappa shape index (κ2) is 10.2. The monoisotopic (exact) mass is 432 g/mol. The van der Waals surface area contributed by atoms with Crippen LogP contribution in [0.4, 0.5) is 4.79 Å². The van der Waals surface area contributed by atoms with Crippen molar-refractivity contribution >= 4 is 12.0 Å². The minimum absolute atomic E-state index is 0.0887. The van der Waals surface area contributed by atoms with Crippen LogP contribution in [0.5, 0.6) is 11.5 Å². The molecular formula is C23H34N3O5+. The van der Waals surface area contributed by atoms with Gasteiger partial charge in [0.05, 0.1) is 26.4 Å². The first-order valence-electron chi connectivity index (χ1n) is 11.6. The van der Waals surface area contributed by atoms with Crippen LogP contribution in [0.25, 0.3) is 0 Å². The molecule has 2 fully saturated rings. The number of nitrogens with zero attached hydrogens (tertiary/aromatic N) is 1. The lowest BCUT2D eigenvalue weighted by atomic mass is 10.0. The van der Waals surface area contributed by atoms with Crippen LogP contribution in [-0.4, -0.2) is 68.9 Å². The maximum Gasteiger partial charge on any atom is 0.409 e. The number of carbonyl (C=O) groups excluding carboxylic acids is 2. The Morgan fingerprint density at radius 2 is 1.90 bits per heavy atom. The number of nitrogens with one attached hydrogen (secondary N) is 2. The van der Waals surface area contributed by atoms with Crippen LogP contribution < -0.4 is 19.7 Å². The third kappa shape index (κ3) is 5.42. The highest BCUT2D eigenvalue weighted by Crippen LogP contribution is 2.33. The summed E-state index contributed by atoms with van der Waals surface area (Å²) < 4.78 is 16.7. The summed E-state index contributed by atoms with van der Waals surface area (Å²) in [6.07, 6.45) is 4.35. The average molecular weight is 433 g/mol. The molecule has 31 heavy (non-hydrogen) atoms. The fourth-order valence-corrected chi connectivity index (χ4v) is 4.83. The molecule has 0 spiro atoms. The fraction of sp³-hybridized carbons (Fsp3) is 0.652. The predicted molar refractivity (Wildman–Crippen MR) is 114 cm³/mol. The Morgan fingerprint density at radius 1 is 1.13 bits per heavy atom. The second-order valence-electron chi connectivity index (χ2n) is 8.56. The van der Waals surface area contributed by atoms with E-state index >= 15 is 0 Å². The number of ether oxygens (including phenoxy) is 3. The number of hydrogen-bond donors (Lipinski definition) is 2. The first-order chi connectivity index (χ1) is 15.1. The third-order valence-corrected chi connectivity index (χ3v) is 6.43. The minimum Gasteiger partial charge on any atom is -0.490 e. The summed E-state index contributed by atoms with van der Waals surface area (Å²) in [5.74, 6) is 1.72. The van der Waals surface area contributed by atoms with Crippen molar-refractivity contribution in [3.8, 4) is 11.5 Å². The van der Waals surface area contributed by atoms with Gasteiger partial charge >= 0.3 is 6.09 Å². The lowest BCUT2D eigenvalue weighted by Gasteiger charge is -2.32. The van der Waals surface area contributed by atoms with E-state index in [-0.39, 0.29) is 18.0 Å². The predicted octanol–water partition coefficient (Wildman–Crippen LogP) is 1.30. The molecule has 1 aromatic rings. The molecule has 3 aliphatic heterocycles. The van der Waals surface area contributed by atoms with Crippen LogP contribution in [-0.2, 0) is 9.53 Å².